The Morgan fingerprint density at radius 2 is 1.94 bits per heavy atom. The smallest absolute Gasteiger partial charge is 0.326 e. The zero-order valence-electron chi connectivity index (χ0n) is 9.83. The summed E-state index contributed by atoms with van der Waals surface area (Å²) in [7, 11) is 0. The Balaban J connectivity index is 4.02. The Morgan fingerprint density at radius 3 is 2.38 bits per heavy atom. The molecule has 2 N–H and O–H groups in total. The molecule has 0 spiro atoms. The number of unbranched alkanes of at least 4 members (excludes halogenated alkanes) is 1. The van der Waals surface area contributed by atoms with Crippen LogP contribution in [0.1, 0.15) is 39.5 Å². The largest absolute Gasteiger partial charge is 0.480 e. The van der Waals surface area contributed by atoms with Gasteiger partial charge in [-0.15, -0.1) is 0 Å². The van der Waals surface area contributed by atoms with Crippen molar-refractivity contribution in [1.82, 2.24) is 5.32 Å². The molecule has 0 saturated heterocycles. The number of hydrogen-bond donors (Lipinski definition) is 2. The van der Waals surface area contributed by atoms with Crippen molar-refractivity contribution in [2.24, 2.45) is 5.92 Å². The SMILES string of the molecule is CC(C)CC(=O)N[C@@H](CCCCF)C(=O)O. The average molecular weight is 233 g/mol. The summed E-state index contributed by atoms with van der Waals surface area (Å²) in [5, 5.41) is 11.3. The Morgan fingerprint density at radius 1 is 1.31 bits per heavy atom. The van der Waals surface area contributed by atoms with Crippen LogP contribution in [0, 0.1) is 5.92 Å². The van der Waals surface area contributed by atoms with Crippen molar-refractivity contribution in [3.63, 3.8) is 0 Å². The predicted molar refractivity (Wildman–Crippen MR) is 58.8 cm³/mol. The quantitative estimate of drug-likeness (QED) is 0.627. The van der Waals surface area contributed by atoms with Crippen LogP contribution in [0.15, 0.2) is 0 Å². The van der Waals surface area contributed by atoms with Crippen LogP contribution in [-0.2, 0) is 9.59 Å². The molecule has 0 fully saturated rings. The second kappa shape index (κ2) is 8.07. The lowest BCUT2D eigenvalue weighted by Crippen LogP contribution is -2.41. The van der Waals surface area contributed by atoms with Crippen molar-refractivity contribution in [3.8, 4) is 0 Å². The molecule has 0 rings (SSSR count). The molecule has 0 bridgehead atoms. The number of amides is 1. The van der Waals surface area contributed by atoms with Gasteiger partial charge in [0.15, 0.2) is 0 Å². The molecule has 5 heteroatoms. The second-order valence-electron chi connectivity index (χ2n) is 4.24. The van der Waals surface area contributed by atoms with Gasteiger partial charge in [0.05, 0.1) is 6.67 Å². The fourth-order valence-corrected chi connectivity index (χ4v) is 1.32. The van der Waals surface area contributed by atoms with Crippen LogP contribution >= 0.6 is 0 Å². The summed E-state index contributed by atoms with van der Waals surface area (Å²) >= 11 is 0. The van der Waals surface area contributed by atoms with Crippen LogP contribution in [0.4, 0.5) is 4.39 Å². The molecule has 0 aliphatic heterocycles. The van der Waals surface area contributed by atoms with Gasteiger partial charge in [-0.25, -0.2) is 4.79 Å². The van der Waals surface area contributed by atoms with Crippen LogP contribution in [0.2, 0.25) is 0 Å². The average Bonchev–Trinajstić information content (AvgIpc) is 2.15. The van der Waals surface area contributed by atoms with Crippen molar-refractivity contribution in [3.05, 3.63) is 0 Å². The maximum atomic E-state index is 11.8. The van der Waals surface area contributed by atoms with E-state index in [0.717, 1.165) is 0 Å². The molecule has 0 aromatic heterocycles. The Bertz CT molecular complexity index is 231. The number of rotatable bonds is 8. The number of carbonyl (C=O) groups excluding carboxylic acids is 1. The molecular weight excluding hydrogens is 213 g/mol. The van der Waals surface area contributed by atoms with Gasteiger partial charge in [0.2, 0.25) is 5.91 Å². The number of carboxylic acid groups (broad SMARTS) is 1. The molecule has 0 aliphatic carbocycles. The number of carbonyl (C=O) groups is 2. The van der Waals surface area contributed by atoms with Gasteiger partial charge >= 0.3 is 5.97 Å². The molecular formula is C11H20FNO3. The zero-order valence-corrected chi connectivity index (χ0v) is 9.83. The monoisotopic (exact) mass is 233 g/mol. The van der Waals surface area contributed by atoms with E-state index in [1.54, 1.807) is 0 Å². The van der Waals surface area contributed by atoms with Gasteiger partial charge in [-0.2, -0.15) is 0 Å². The van der Waals surface area contributed by atoms with Crippen LogP contribution in [0.3, 0.4) is 0 Å². The highest BCUT2D eigenvalue weighted by atomic mass is 19.1. The fraction of sp³-hybridized carbons (Fsp3) is 0.818. The zero-order chi connectivity index (χ0) is 12.6. The van der Waals surface area contributed by atoms with E-state index >= 15 is 0 Å². The Hall–Kier alpha value is -1.13. The molecule has 0 aliphatic rings. The summed E-state index contributed by atoms with van der Waals surface area (Å²) < 4.78 is 11.8. The van der Waals surface area contributed by atoms with E-state index in [9.17, 15) is 14.0 Å². The van der Waals surface area contributed by atoms with Gasteiger partial charge in [-0.1, -0.05) is 13.8 Å². The van der Waals surface area contributed by atoms with E-state index in [-0.39, 0.29) is 18.2 Å². The molecule has 16 heavy (non-hydrogen) atoms. The first-order chi connectivity index (χ1) is 7.47. The van der Waals surface area contributed by atoms with E-state index in [2.05, 4.69) is 5.32 Å². The molecule has 0 heterocycles. The van der Waals surface area contributed by atoms with E-state index in [0.29, 0.717) is 19.3 Å². The third-order valence-corrected chi connectivity index (χ3v) is 2.10. The lowest BCUT2D eigenvalue weighted by Gasteiger charge is -2.14. The van der Waals surface area contributed by atoms with E-state index < -0.39 is 18.7 Å². The minimum absolute atomic E-state index is 0.195. The highest BCUT2D eigenvalue weighted by Crippen LogP contribution is 2.04. The first-order valence-electron chi connectivity index (χ1n) is 5.55. The standard InChI is InChI=1S/C11H20FNO3/c1-8(2)7-10(14)13-9(11(15)16)5-3-4-6-12/h8-9H,3-7H2,1-2H3,(H,13,14)(H,15,16)/t9-/m0/s1. The number of hydrogen-bond acceptors (Lipinski definition) is 2. The fourth-order valence-electron chi connectivity index (χ4n) is 1.32. The van der Waals surface area contributed by atoms with Gasteiger partial charge < -0.3 is 10.4 Å². The molecule has 0 unspecified atom stereocenters. The van der Waals surface area contributed by atoms with Gasteiger partial charge in [0.1, 0.15) is 6.04 Å². The van der Waals surface area contributed by atoms with Crippen molar-refractivity contribution < 1.29 is 19.1 Å². The summed E-state index contributed by atoms with van der Waals surface area (Å²) in [5.41, 5.74) is 0. The van der Waals surface area contributed by atoms with Crippen LogP contribution in [0.5, 0.6) is 0 Å². The maximum Gasteiger partial charge on any atom is 0.326 e. The van der Waals surface area contributed by atoms with E-state index in [1.165, 1.54) is 0 Å². The second-order valence-corrected chi connectivity index (χ2v) is 4.24. The van der Waals surface area contributed by atoms with Gasteiger partial charge in [-0.3, -0.25) is 9.18 Å². The van der Waals surface area contributed by atoms with Crippen LogP contribution in [-0.4, -0.2) is 29.7 Å². The van der Waals surface area contributed by atoms with E-state index in [4.69, 9.17) is 5.11 Å². The molecule has 94 valence electrons. The number of nitrogens with one attached hydrogen (secondary N) is 1. The maximum absolute atomic E-state index is 11.8. The minimum atomic E-state index is -1.06. The van der Waals surface area contributed by atoms with Crippen molar-refractivity contribution in [1.29, 1.82) is 0 Å². The molecule has 0 aromatic carbocycles. The van der Waals surface area contributed by atoms with Crippen molar-refractivity contribution >= 4 is 11.9 Å². The highest BCUT2D eigenvalue weighted by molar-refractivity contribution is 5.83. The topological polar surface area (TPSA) is 66.4 Å². The third kappa shape index (κ3) is 7.20. The first kappa shape index (κ1) is 14.9. The van der Waals surface area contributed by atoms with E-state index in [1.807, 2.05) is 13.8 Å². The normalized spacial score (nSPS) is 12.5. The predicted octanol–water partition coefficient (Wildman–Crippen LogP) is 1.74. The molecule has 0 aromatic rings. The van der Waals surface area contributed by atoms with Gasteiger partial charge in [0, 0.05) is 6.42 Å². The van der Waals surface area contributed by atoms with Crippen molar-refractivity contribution in [2.75, 3.05) is 6.67 Å². The number of carboxylic acids is 1. The molecule has 1 amide bonds. The lowest BCUT2D eigenvalue weighted by atomic mass is 10.1. The third-order valence-electron chi connectivity index (χ3n) is 2.10. The molecule has 0 saturated carbocycles. The highest BCUT2D eigenvalue weighted by Gasteiger charge is 2.19. The number of halogens is 1. The summed E-state index contributed by atoms with van der Waals surface area (Å²) in [6, 6.07) is -0.891. The summed E-state index contributed by atoms with van der Waals surface area (Å²) in [4.78, 5) is 22.2. The molecule has 0 radical (unpaired) electrons. The Kier molecular flexibility index (Phi) is 7.50. The minimum Gasteiger partial charge on any atom is -0.480 e. The molecule has 1 atom stereocenters. The van der Waals surface area contributed by atoms with Crippen LogP contribution < -0.4 is 5.32 Å². The molecule has 4 nitrogen and oxygen atoms in total. The first-order valence-corrected chi connectivity index (χ1v) is 5.55. The summed E-state index contributed by atoms with van der Waals surface area (Å²) in [6.07, 6.45) is 1.40. The van der Waals surface area contributed by atoms with Crippen molar-refractivity contribution in [2.45, 2.75) is 45.6 Å². The number of aliphatic carboxylic acids is 1. The summed E-state index contributed by atoms with van der Waals surface area (Å²) in [5.74, 6) is -1.13. The number of alkyl halides is 1. The van der Waals surface area contributed by atoms with Gasteiger partial charge in [-0.05, 0) is 25.2 Å². The summed E-state index contributed by atoms with van der Waals surface area (Å²) in [6.45, 7) is 3.32. The van der Waals surface area contributed by atoms with Gasteiger partial charge in [0.25, 0.3) is 0 Å². The lowest BCUT2D eigenvalue weighted by molar-refractivity contribution is -0.142. The van der Waals surface area contributed by atoms with Crippen LogP contribution in [0.25, 0.3) is 0 Å². The Labute approximate surface area is 95.2 Å².